The molecular weight excluding hydrogens is 302 g/mol. The number of nitrogens with zero attached hydrogens (tertiary/aromatic N) is 3. The number of fused-ring (bicyclic) bond motifs is 2. The van der Waals surface area contributed by atoms with E-state index in [1.165, 1.54) is 24.8 Å². The van der Waals surface area contributed by atoms with Gasteiger partial charge in [-0.05, 0) is 49.4 Å². The van der Waals surface area contributed by atoms with E-state index in [4.69, 9.17) is 9.47 Å². The summed E-state index contributed by atoms with van der Waals surface area (Å²) in [6, 6.07) is 9.08. The number of ether oxygens (including phenoxy) is 2. The molecule has 128 valence electrons. The van der Waals surface area contributed by atoms with Crippen LogP contribution in [0.3, 0.4) is 0 Å². The lowest BCUT2D eigenvalue weighted by molar-refractivity contribution is 0.0867. The van der Waals surface area contributed by atoms with Gasteiger partial charge in [-0.3, -0.25) is 9.58 Å². The van der Waals surface area contributed by atoms with Crippen LogP contribution in [0.5, 0.6) is 11.5 Å². The lowest BCUT2D eigenvalue weighted by Gasteiger charge is -2.34. The molecule has 2 bridgehead atoms. The molecule has 0 radical (unpaired) electrons. The van der Waals surface area contributed by atoms with E-state index in [1.54, 1.807) is 7.11 Å². The van der Waals surface area contributed by atoms with Gasteiger partial charge >= 0.3 is 0 Å². The molecule has 2 aromatic rings. The summed E-state index contributed by atoms with van der Waals surface area (Å²) >= 11 is 0. The summed E-state index contributed by atoms with van der Waals surface area (Å²) in [5.41, 5.74) is 1.29. The predicted molar refractivity (Wildman–Crippen MR) is 92.2 cm³/mol. The van der Waals surface area contributed by atoms with E-state index in [0.717, 1.165) is 30.6 Å². The Morgan fingerprint density at radius 1 is 1.17 bits per heavy atom. The molecule has 0 amide bonds. The van der Waals surface area contributed by atoms with Gasteiger partial charge in [0.15, 0.2) is 0 Å². The van der Waals surface area contributed by atoms with Crippen molar-refractivity contribution in [1.82, 2.24) is 14.7 Å². The van der Waals surface area contributed by atoms with Crippen molar-refractivity contribution in [3.8, 4) is 11.5 Å². The molecule has 1 saturated heterocycles. The van der Waals surface area contributed by atoms with Gasteiger partial charge in [-0.1, -0.05) is 0 Å². The minimum Gasteiger partial charge on any atom is -0.497 e. The monoisotopic (exact) mass is 327 g/mol. The van der Waals surface area contributed by atoms with Gasteiger partial charge in [-0.15, -0.1) is 0 Å². The molecule has 2 fully saturated rings. The molecule has 3 atom stereocenters. The summed E-state index contributed by atoms with van der Waals surface area (Å²) in [6.07, 6.45) is 8.08. The zero-order chi connectivity index (χ0) is 16.5. The average molecular weight is 327 g/mol. The standard InChI is InChI=1S/C19H25N3O2/c1-21-11-14(10-20-21)12-22-16-4-3-15(9-16)19(22)13-24-18-7-5-17(23-2)6-8-18/h5-8,10-11,15-16,19H,3-4,9,12-13H2,1-2H3/t15?,16?,19-/m0/s1. The molecular formula is C19H25N3O2. The molecule has 1 saturated carbocycles. The van der Waals surface area contributed by atoms with Crippen molar-refractivity contribution >= 4 is 0 Å². The maximum atomic E-state index is 6.10. The van der Waals surface area contributed by atoms with Gasteiger partial charge in [0.25, 0.3) is 0 Å². The molecule has 4 rings (SSSR count). The molecule has 1 aromatic carbocycles. The fraction of sp³-hybridized carbons (Fsp3) is 0.526. The molecule has 0 spiro atoms. The SMILES string of the molecule is COc1ccc(OC[C@H]2C3CCC(C3)N2Cc2cnn(C)c2)cc1. The van der Waals surface area contributed by atoms with Gasteiger partial charge in [-0.25, -0.2) is 0 Å². The number of likely N-dealkylation sites (tertiary alicyclic amines) is 1. The molecule has 24 heavy (non-hydrogen) atoms. The third-order valence-electron chi connectivity index (χ3n) is 5.49. The second kappa shape index (κ2) is 6.48. The fourth-order valence-electron chi connectivity index (χ4n) is 4.28. The quantitative estimate of drug-likeness (QED) is 0.818. The van der Waals surface area contributed by atoms with Crippen LogP contribution in [-0.2, 0) is 13.6 Å². The first-order valence-electron chi connectivity index (χ1n) is 8.73. The van der Waals surface area contributed by atoms with E-state index >= 15 is 0 Å². The van der Waals surface area contributed by atoms with Crippen molar-refractivity contribution in [2.75, 3.05) is 13.7 Å². The van der Waals surface area contributed by atoms with Crippen LogP contribution in [0, 0.1) is 5.92 Å². The van der Waals surface area contributed by atoms with Crippen LogP contribution in [0.4, 0.5) is 0 Å². The highest BCUT2D eigenvalue weighted by molar-refractivity contribution is 5.31. The summed E-state index contributed by atoms with van der Waals surface area (Å²) in [5, 5.41) is 4.30. The Labute approximate surface area is 143 Å². The second-order valence-electron chi connectivity index (χ2n) is 6.98. The fourth-order valence-corrected chi connectivity index (χ4v) is 4.28. The summed E-state index contributed by atoms with van der Waals surface area (Å²) in [5.74, 6) is 2.55. The largest absolute Gasteiger partial charge is 0.497 e. The van der Waals surface area contributed by atoms with Crippen LogP contribution in [-0.4, -0.2) is 40.5 Å². The summed E-state index contributed by atoms with van der Waals surface area (Å²) in [7, 11) is 3.66. The van der Waals surface area contributed by atoms with Crippen LogP contribution in [0.2, 0.25) is 0 Å². The first kappa shape index (κ1) is 15.5. The number of piperidine rings is 1. The zero-order valence-corrected chi connectivity index (χ0v) is 14.4. The molecule has 0 N–H and O–H groups in total. The van der Waals surface area contributed by atoms with E-state index < -0.39 is 0 Å². The highest BCUT2D eigenvalue weighted by Gasteiger charge is 2.45. The molecule has 1 aliphatic heterocycles. The second-order valence-corrected chi connectivity index (χ2v) is 6.98. The van der Waals surface area contributed by atoms with E-state index in [-0.39, 0.29) is 0 Å². The Hall–Kier alpha value is -2.01. The molecule has 2 unspecified atom stereocenters. The van der Waals surface area contributed by atoms with Crippen molar-refractivity contribution in [3.63, 3.8) is 0 Å². The van der Waals surface area contributed by atoms with Crippen molar-refractivity contribution in [1.29, 1.82) is 0 Å². The molecule has 2 heterocycles. The maximum absolute atomic E-state index is 6.10. The highest BCUT2D eigenvalue weighted by atomic mass is 16.5. The number of hydrogen-bond acceptors (Lipinski definition) is 4. The summed E-state index contributed by atoms with van der Waals surface area (Å²) in [6.45, 7) is 1.74. The Kier molecular flexibility index (Phi) is 4.19. The number of rotatable bonds is 6. The minimum absolute atomic E-state index is 0.506. The molecule has 5 heteroatoms. The molecule has 5 nitrogen and oxygen atoms in total. The van der Waals surface area contributed by atoms with Crippen molar-refractivity contribution < 1.29 is 9.47 Å². The number of methoxy groups -OCH3 is 1. The van der Waals surface area contributed by atoms with Gasteiger partial charge in [0.1, 0.15) is 18.1 Å². The smallest absolute Gasteiger partial charge is 0.119 e. The van der Waals surface area contributed by atoms with Gasteiger partial charge in [0, 0.05) is 37.4 Å². The zero-order valence-electron chi connectivity index (χ0n) is 14.4. The third kappa shape index (κ3) is 3.00. The third-order valence-corrected chi connectivity index (χ3v) is 5.49. The first-order chi connectivity index (χ1) is 11.7. The highest BCUT2D eigenvalue weighted by Crippen LogP contribution is 2.43. The van der Waals surface area contributed by atoms with Crippen LogP contribution in [0.25, 0.3) is 0 Å². The van der Waals surface area contributed by atoms with Crippen LogP contribution in [0.15, 0.2) is 36.7 Å². The Morgan fingerprint density at radius 2 is 1.96 bits per heavy atom. The summed E-state index contributed by atoms with van der Waals surface area (Å²) < 4.78 is 13.2. The molecule has 1 aliphatic carbocycles. The van der Waals surface area contributed by atoms with E-state index in [0.29, 0.717) is 12.1 Å². The topological polar surface area (TPSA) is 39.5 Å². The normalized spacial score (nSPS) is 26.0. The van der Waals surface area contributed by atoms with Crippen LogP contribution >= 0.6 is 0 Å². The molecule has 2 aliphatic rings. The number of benzene rings is 1. The van der Waals surface area contributed by atoms with Gasteiger partial charge in [0.2, 0.25) is 0 Å². The van der Waals surface area contributed by atoms with Gasteiger partial charge in [0.05, 0.1) is 13.3 Å². The lowest BCUT2D eigenvalue weighted by atomic mass is 9.99. The van der Waals surface area contributed by atoms with Gasteiger partial charge in [-0.2, -0.15) is 5.10 Å². The predicted octanol–water partition coefficient (Wildman–Crippen LogP) is 2.86. The average Bonchev–Trinajstić information content (AvgIpc) is 3.31. The van der Waals surface area contributed by atoms with E-state index in [9.17, 15) is 0 Å². The van der Waals surface area contributed by atoms with Gasteiger partial charge < -0.3 is 9.47 Å². The Balaban J connectivity index is 1.41. The Bertz CT molecular complexity index is 682. The van der Waals surface area contributed by atoms with Crippen molar-refractivity contribution in [3.05, 3.63) is 42.2 Å². The van der Waals surface area contributed by atoms with Crippen LogP contribution < -0.4 is 9.47 Å². The minimum atomic E-state index is 0.506. The first-order valence-corrected chi connectivity index (χ1v) is 8.73. The lowest BCUT2D eigenvalue weighted by Crippen LogP contribution is -2.43. The Morgan fingerprint density at radius 3 is 2.67 bits per heavy atom. The number of hydrogen-bond donors (Lipinski definition) is 0. The maximum Gasteiger partial charge on any atom is 0.119 e. The number of aryl methyl sites for hydroxylation is 1. The van der Waals surface area contributed by atoms with E-state index in [1.807, 2.05) is 42.2 Å². The number of aromatic nitrogens is 2. The summed E-state index contributed by atoms with van der Waals surface area (Å²) in [4.78, 5) is 2.63. The van der Waals surface area contributed by atoms with Crippen molar-refractivity contribution in [2.24, 2.45) is 13.0 Å². The van der Waals surface area contributed by atoms with Crippen molar-refractivity contribution in [2.45, 2.75) is 37.9 Å². The van der Waals surface area contributed by atoms with E-state index in [2.05, 4.69) is 16.2 Å². The van der Waals surface area contributed by atoms with Crippen LogP contribution in [0.1, 0.15) is 24.8 Å². The molecule has 1 aromatic heterocycles.